The van der Waals surface area contributed by atoms with E-state index in [-0.39, 0.29) is 0 Å². The van der Waals surface area contributed by atoms with Gasteiger partial charge in [0.05, 0.1) is 5.37 Å². The first-order chi connectivity index (χ1) is 10.8. The molecule has 0 radical (unpaired) electrons. The van der Waals surface area contributed by atoms with Gasteiger partial charge >= 0.3 is 5.97 Å². The number of carboxylic acid groups (broad SMARTS) is 1. The Bertz CT molecular complexity index is 674. The number of thioether (sulfide) groups is 1. The highest BCUT2D eigenvalue weighted by molar-refractivity contribution is 8.01. The van der Waals surface area contributed by atoms with Crippen molar-refractivity contribution >= 4 is 29.4 Å². The van der Waals surface area contributed by atoms with Crippen molar-refractivity contribution in [1.82, 2.24) is 4.90 Å². The molecule has 6 nitrogen and oxygen atoms in total. The Morgan fingerprint density at radius 2 is 1.87 bits per heavy atom. The lowest BCUT2D eigenvalue weighted by molar-refractivity contribution is -0.167. The summed E-state index contributed by atoms with van der Waals surface area (Å²) < 4.78 is -0.670. The summed E-state index contributed by atoms with van der Waals surface area (Å²) in [6.45, 7) is 3.51. The number of carbonyl (C=O) groups is 3. The van der Waals surface area contributed by atoms with Gasteiger partial charge in [0.2, 0.25) is 5.91 Å². The number of nitrogens with zero attached hydrogens (tertiary/aromatic N) is 1. The molecule has 1 aromatic rings. The molecule has 23 heavy (non-hydrogen) atoms. The van der Waals surface area contributed by atoms with Crippen LogP contribution in [0.4, 0.5) is 0 Å². The van der Waals surface area contributed by atoms with E-state index >= 15 is 0 Å². The standard InChI is InChI=1S/C16H17NO5S/c1-16(2)12(15(21)22)17-13(20)9(14(17)23-16)11(19)10(18)8-6-4-3-5-7-8/h3-7,9,11-12,14,19H,1-2H3,(H,21,22)/t9-,11?,12+,14-/m1/s1. The van der Waals surface area contributed by atoms with Crippen LogP contribution >= 0.6 is 11.8 Å². The lowest BCUT2D eigenvalue weighted by Gasteiger charge is -2.45. The molecule has 4 atom stereocenters. The van der Waals surface area contributed by atoms with E-state index < -0.39 is 45.8 Å². The lowest BCUT2D eigenvalue weighted by Crippen LogP contribution is -2.66. The summed E-state index contributed by atoms with van der Waals surface area (Å²) >= 11 is 1.32. The summed E-state index contributed by atoms with van der Waals surface area (Å²) in [5.41, 5.74) is 0.336. The van der Waals surface area contributed by atoms with Crippen LogP contribution in [0.25, 0.3) is 0 Å². The molecule has 0 saturated carbocycles. The normalized spacial score (nSPS) is 29.6. The molecule has 1 unspecified atom stereocenters. The number of hydrogen-bond donors (Lipinski definition) is 2. The lowest BCUT2D eigenvalue weighted by atomic mass is 9.85. The highest BCUT2D eigenvalue weighted by Gasteiger charge is 2.65. The van der Waals surface area contributed by atoms with E-state index in [1.807, 2.05) is 0 Å². The molecule has 2 aliphatic heterocycles. The van der Waals surface area contributed by atoms with Crippen molar-refractivity contribution < 1.29 is 24.6 Å². The van der Waals surface area contributed by atoms with Gasteiger partial charge in [0.15, 0.2) is 5.78 Å². The summed E-state index contributed by atoms with van der Waals surface area (Å²) in [4.78, 5) is 37.4. The third kappa shape index (κ3) is 2.35. The minimum Gasteiger partial charge on any atom is -0.480 e. The van der Waals surface area contributed by atoms with E-state index in [9.17, 15) is 24.6 Å². The number of amides is 1. The summed E-state index contributed by atoms with van der Waals surface area (Å²) in [7, 11) is 0. The number of rotatable bonds is 4. The summed E-state index contributed by atoms with van der Waals surface area (Å²) in [6.07, 6.45) is -1.46. The Kier molecular flexibility index (Phi) is 3.72. The molecule has 1 amide bonds. The van der Waals surface area contributed by atoms with E-state index in [1.54, 1.807) is 44.2 Å². The smallest absolute Gasteiger partial charge is 0.327 e. The van der Waals surface area contributed by atoms with E-state index in [1.165, 1.54) is 16.7 Å². The number of benzene rings is 1. The van der Waals surface area contributed by atoms with Crippen molar-refractivity contribution in [2.24, 2.45) is 5.92 Å². The Morgan fingerprint density at radius 1 is 1.26 bits per heavy atom. The second kappa shape index (κ2) is 5.35. The molecule has 3 rings (SSSR count). The Hall–Kier alpha value is -1.86. The summed E-state index contributed by atoms with van der Waals surface area (Å²) in [5, 5.41) is 19.2. The van der Waals surface area contributed by atoms with Crippen LogP contribution in [-0.2, 0) is 9.59 Å². The van der Waals surface area contributed by atoms with Gasteiger partial charge in [-0.15, -0.1) is 11.8 Å². The third-order valence-corrected chi connectivity index (χ3v) is 5.98. The summed E-state index contributed by atoms with van der Waals surface area (Å²) in [6, 6.07) is 7.34. The fourth-order valence-electron chi connectivity index (χ4n) is 3.27. The minimum atomic E-state index is -1.46. The minimum absolute atomic E-state index is 0.336. The van der Waals surface area contributed by atoms with Crippen LogP contribution in [0.1, 0.15) is 24.2 Å². The molecule has 2 fully saturated rings. The average molecular weight is 335 g/mol. The number of aliphatic carboxylic acids is 1. The SMILES string of the molecule is CC1(C)S[C@@H]2[C@H](C(O)C(=O)c3ccccc3)C(=O)N2[C@H]1C(=O)O. The van der Waals surface area contributed by atoms with Crippen molar-refractivity contribution in [3.63, 3.8) is 0 Å². The molecule has 0 spiro atoms. The van der Waals surface area contributed by atoms with Crippen LogP contribution in [0.2, 0.25) is 0 Å². The number of fused-ring (bicyclic) bond motifs is 1. The van der Waals surface area contributed by atoms with Crippen LogP contribution < -0.4 is 0 Å². The molecule has 7 heteroatoms. The number of carboxylic acids is 1. The van der Waals surface area contributed by atoms with E-state index in [4.69, 9.17) is 0 Å². The Labute approximate surface area is 137 Å². The van der Waals surface area contributed by atoms with Gasteiger partial charge < -0.3 is 15.1 Å². The molecule has 1 aromatic carbocycles. The first kappa shape index (κ1) is 16.0. The monoisotopic (exact) mass is 335 g/mol. The number of β-lactam (4-membered cyclic amide) rings is 1. The highest BCUT2D eigenvalue weighted by atomic mass is 32.2. The van der Waals surface area contributed by atoms with Gasteiger partial charge in [-0.3, -0.25) is 9.59 Å². The number of Topliss-reactive ketones (excluding diaryl/α,β-unsaturated/α-hetero) is 1. The molecule has 0 aliphatic carbocycles. The van der Waals surface area contributed by atoms with Gasteiger partial charge in [-0.05, 0) is 13.8 Å². The maximum Gasteiger partial charge on any atom is 0.327 e. The molecule has 2 saturated heterocycles. The molecular weight excluding hydrogens is 318 g/mol. The van der Waals surface area contributed by atoms with E-state index in [0.29, 0.717) is 5.56 Å². The third-order valence-electron chi connectivity index (χ3n) is 4.38. The first-order valence-electron chi connectivity index (χ1n) is 7.26. The summed E-state index contributed by atoms with van der Waals surface area (Å²) in [5.74, 6) is -2.95. The Morgan fingerprint density at radius 3 is 2.43 bits per heavy atom. The molecule has 0 aromatic heterocycles. The maximum atomic E-state index is 12.4. The average Bonchev–Trinajstić information content (AvgIpc) is 2.75. The number of hydrogen-bond acceptors (Lipinski definition) is 5. The number of aliphatic hydroxyl groups excluding tert-OH is 1. The van der Waals surface area contributed by atoms with Crippen LogP contribution in [0.15, 0.2) is 30.3 Å². The van der Waals surface area contributed by atoms with Crippen molar-refractivity contribution in [1.29, 1.82) is 0 Å². The zero-order chi connectivity index (χ0) is 16.9. The fourth-order valence-corrected chi connectivity index (χ4v) is 4.99. The molecule has 2 aliphatic rings. The van der Waals surface area contributed by atoms with Crippen molar-refractivity contribution in [3.8, 4) is 0 Å². The van der Waals surface area contributed by atoms with Gasteiger partial charge in [0.25, 0.3) is 0 Å². The maximum absolute atomic E-state index is 12.4. The van der Waals surface area contributed by atoms with Crippen LogP contribution in [-0.4, -0.2) is 55.0 Å². The number of carbonyl (C=O) groups excluding carboxylic acids is 2. The predicted molar refractivity (Wildman–Crippen MR) is 84.0 cm³/mol. The van der Waals surface area contributed by atoms with Gasteiger partial charge in [0.1, 0.15) is 18.1 Å². The molecule has 2 heterocycles. The van der Waals surface area contributed by atoms with E-state index in [2.05, 4.69) is 0 Å². The second-order valence-electron chi connectivity index (χ2n) is 6.30. The predicted octanol–water partition coefficient (Wildman–Crippen LogP) is 0.993. The van der Waals surface area contributed by atoms with E-state index in [0.717, 1.165) is 0 Å². The first-order valence-corrected chi connectivity index (χ1v) is 8.14. The van der Waals surface area contributed by atoms with Crippen LogP contribution in [0, 0.1) is 5.92 Å². The van der Waals surface area contributed by atoms with Gasteiger partial charge in [-0.2, -0.15) is 0 Å². The quantitative estimate of drug-likeness (QED) is 0.629. The number of aliphatic hydroxyl groups is 1. The largest absolute Gasteiger partial charge is 0.480 e. The Balaban J connectivity index is 1.83. The van der Waals surface area contributed by atoms with Crippen LogP contribution in [0.3, 0.4) is 0 Å². The van der Waals surface area contributed by atoms with Crippen molar-refractivity contribution in [3.05, 3.63) is 35.9 Å². The molecule has 122 valence electrons. The molecular formula is C16H17NO5S. The highest BCUT2D eigenvalue weighted by Crippen LogP contribution is 2.54. The number of ketones is 1. The fraction of sp³-hybridized carbons (Fsp3) is 0.438. The molecule has 0 bridgehead atoms. The zero-order valence-corrected chi connectivity index (χ0v) is 13.5. The van der Waals surface area contributed by atoms with Crippen molar-refractivity contribution in [2.45, 2.75) is 36.1 Å². The van der Waals surface area contributed by atoms with Gasteiger partial charge in [-0.25, -0.2) is 4.79 Å². The zero-order valence-electron chi connectivity index (χ0n) is 12.7. The second-order valence-corrected chi connectivity index (χ2v) is 8.07. The van der Waals surface area contributed by atoms with Crippen LogP contribution in [0.5, 0.6) is 0 Å². The topological polar surface area (TPSA) is 94.9 Å². The van der Waals surface area contributed by atoms with Crippen molar-refractivity contribution in [2.75, 3.05) is 0 Å². The van der Waals surface area contributed by atoms with Gasteiger partial charge in [-0.1, -0.05) is 30.3 Å². The molecule has 2 N–H and O–H groups in total. The van der Waals surface area contributed by atoms with Gasteiger partial charge in [0, 0.05) is 10.3 Å².